The van der Waals surface area contributed by atoms with Gasteiger partial charge in [0.05, 0.1) is 17.3 Å². The van der Waals surface area contributed by atoms with Crippen molar-refractivity contribution in [2.45, 2.75) is 0 Å². The molecule has 1 aromatic carbocycles. The third-order valence-electron chi connectivity index (χ3n) is 2.89. The Morgan fingerprint density at radius 3 is 2.74 bits per heavy atom. The molecular formula is C14H11FN4. The van der Waals surface area contributed by atoms with E-state index in [0.717, 1.165) is 5.52 Å². The molecule has 94 valence electrons. The van der Waals surface area contributed by atoms with E-state index in [0.29, 0.717) is 17.1 Å². The molecule has 0 aliphatic rings. The molecule has 3 aromatic rings. The fraction of sp³-hybridized carbons (Fsp3) is 0. The number of nitrogens with two attached hydrogens (primary N) is 1. The molecule has 0 radical (unpaired) electrons. The molecule has 19 heavy (non-hydrogen) atoms. The van der Waals surface area contributed by atoms with Crippen LogP contribution in [-0.2, 0) is 0 Å². The fourth-order valence-corrected chi connectivity index (χ4v) is 2.06. The fourth-order valence-electron chi connectivity index (χ4n) is 2.06. The predicted octanol–water partition coefficient (Wildman–Crippen LogP) is 2.43. The maximum Gasteiger partial charge on any atom is 0.148 e. The number of rotatable bonds is 2. The summed E-state index contributed by atoms with van der Waals surface area (Å²) in [6.07, 6.45) is 3.29. The van der Waals surface area contributed by atoms with Crippen LogP contribution < -0.4 is 5.84 Å². The first-order chi connectivity index (χ1) is 9.31. The first kappa shape index (κ1) is 11.4. The SMILES string of the molecule is N/N=C/c1nc(-c2ccccc2F)n2ccccc12. The molecule has 0 unspecified atom stereocenters. The van der Waals surface area contributed by atoms with Gasteiger partial charge in [0.1, 0.15) is 17.3 Å². The third-order valence-corrected chi connectivity index (χ3v) is 2.89. The van der Waals surface area contributed by atoms with Gasteiger partial charge in [-0.05, 0) is 24.3 Å². The normalized spacial score (nSPS) is 11.4. The molecule has 2 heterocycles. The van der Waals surface area contributed by atoms with Gasteiger partial charge in [-0.15, -0.1) is 0 Å². The molecule has 3 rings (SSSR count). The van der Waals surface area contributed by atoms with Gasteiger partial charge in [-0.2, -0.15) is 5.10 Å². The molecule has 0 aliphatic carbocycles. The van der Waals surface area contributed by atoms with Crippen LogP contribution in [0.15, 0.2) is 53.8 Å². The Morgan fingerprint density at radius 2 is 1.95 bits per heavy atom. The molecule has 5 heteroatoms. The minimum Gasteiger partial charge on any atom is -0.323 e. The van der Waals surface area contributed by atoms with Crippen molar-refractivity contribution in [2.75, 3.05) is 0 Å². The van der Waals surface area contributed by atoms with Crippen LogP contribution in [0.2, 0.25) is 0 Å². The Balaban J connectivity index is 2.33. The summed E-state index contributed by atoms with van der Waals surface area (Å²) in [6.45, 7) is 0. The molecule has 4 nitrogen and oxygen atoms in total. The number of nitrogens with zero attached hydrogens (tertiary/aromatic N) is 3. The highest BCUT2D eigenvalue weighted by Crippen LogP contribution is 2.24. The zero-order chi connectivity index (χ0) is 13.2. The number of hydrogen-bond donors (Lipinski definition) is 1. The van der Waals surface area contributed by atoms with Crippen molar-refractivity contribution < 1.29 is 4.39 Å². The molecule has 0 aliphatic heterocycles. The molecule has 0 atom stereocenters. The van der Waals surface area contributed by atoms with Gasteiger partial charge in [0.15, 0.2) is 0 Å². The average Bonchev–Trinajstić information content (AvgIpc) is 2.79. The second-order valence-electron chi connectivity index (χ2n) is 4.03. The van der Waals surface area contributed by atoms with Crippen LogP contribution in [0.5, 0.6) is 0 Å². The van der Waals surface area contributed by atoms with Crippen molar-refractivity contribution in [1.29, 1.82) is 0 Å². The Labute approximate surface area is 109 Å². The number of aromatic nitrogens is 2. The van der Waals surface area contributed by atoms with E-state index >= 15 is 0 Å². The first-order valence-corrected chi connectivity index (χ1v) is 5.76. The molecule has 0 saturated carbocycles. The predicted molar refractivity (Wildman–Crippen MR) is 72.4 cm³/mol. The van der Waals surface area contributed by atoms with Gasteiger partial charge < -0.3 is 5.84 Å². The number of hydrazone groups is 1. The zero-order valence-corrected chi connectivity index (χ0v) is 9.99. The minimum absolute atomic E-state index is 0.311. The Kier molecular flexibility index (Phi) is 2.72. The summed E-state index contributed by atoms with van der Waals surface area (Å²) in [7, 11) is 0. The molecule has 0 bridgehead atoms. The summed E-state index contributed by atoms with van der Waals surface area (Å²) in [6, 6.07) is 12.2. The van der Waals surface area contributed by atoms with E-state index in [9.17, 15) is 4.39 Å². The van der Waals surface area contributed by atoms with Crippen LogP contribution in [-0.4, -0.2) is 15.6 Å². The zero-order valence-electron chi connectivity index (χ0n) is 9.99. The summed E-state index contributed by atoms with van der Waals surface area (Å²) >= 11 is 0. The highest BCUT2D eigenvalue weighted by Gasteiger charge is 2.13. The second-order valence-corrected chi connectivity index (χ2v) is 4.03. The first-order valence-electron chi connectivity index (χ1n) is 5.76. The average molecular weight is 254 g/mol. The summed E-state index contributed by atoms with van der Waals surface area (Å²) in [5, 5.41) is 3.49. The molecule has 0 spiro atoms. The maximum absolute atomic E-state index is 13.9. The van der Waals surface area contributed by atoms with Crippen LogP contribution in [0.1, 0.15) is 5.69 Å². The molecule has 2 aromatic heterocycles. The van der Waals surface area contributed by atoms with E-state index < -0.39 is 0 Å². The third kappa shape index (κ3) is 1.85. The van der Waals surface area contributed by atoms with Crippen molar-refractivity contribution in [2.24, 2.45) is 10.9 Å². The van der Waals surface area contributed by atoms with Gasteiger partial charge in [-0.25, -0.2) is 9.37 Å². The maximum atomic E-state index is 13.9. The van der Waals surface area contributed by atoms with Gasteiger partial charge in [-0.3, -0.25) is 4.40 Å². The summed E-state index contributed by atoms with van der Waals surface area (Å²) in [5.74, 6) is 5.40. The quantitative estimate of drug-likeness (QED) is 0.434. The van der Waals surface area contributed by atoms with Crippen LogP contribution >= 0.6 is 0 Å². The summed E-state index contributed by atoms with van der Waals surface area (Å²) in [5.41, 5.74) is 1.89. The van der Waals surface area contributed by atoms with Crippen molar-refractivity contribution in [3.63, 3.8) is 0 Å². The molecule has 0 fully saturated rings. The van der Waals surface area contributed by atoms with E-state index in [1.54, 1.807) is 18.2 Å². The van der Waals surface area contributed by atoms with Gasteiger partial charge >= 0.3 is 0 Å². The van der Waals surface area contributed by atoms with E-state index in [1.807, 2.05) is 28.8 Å². The van der Waals surface area contributed by atoms with Crippen molar-refractivity contribution >= 4 is 11.7 Å². The lowest BCUT2D eigenvalue weighted by Crippen LogP contribution is -1.91. The van der Waals surface area contributed by atoms with E-state index in [4.69, 9.17) is 5.84 Å². The molecular weight excluding hydrogens is 243 g/mol. The van der Waals surface area contributed by atoms with Gasteiger partial charge in [0.2, 0.25) is 0 Å². The second kappa shape index (κ2) is 4.53. The summed E-state index contributed by atoms with van der Waals surface area (Å²) in [4.78, 5) is 4.40. The van der Waals surface area contributed by atoms with Gasteiger partial charge in [0.25, 0.3) is 0 Å². The molecule has 0 saturated heterocycles. The number of fused-ring (bicyclic) bond motifs is 1. The highest BCUT2D eigenvalue weighted by atomic mass is 19.1. The van der Waals surface area contributed by atoms with Gasteiger partial charge in [0, 0.05) is 6.20 Å². The van der Waals surface area contributed by atoms with Crippen molar-refractivity contribution in [3.8, 4) is 11.4 Å². The van der Waals surface area contributed by atoms with Crippen LogP contribution in [0, 0.1) is 5.82 Å². The van der Waals surface area contributed by atoms with Crippen LogP contribution in [0.25, 0.3) is 16.9 Å². The number of halogens is 1. The Hall–Kier alpha value is -2.69. The Morgan fingerprint density at radius 1 is 1.16 bits per heavy atom. The number of hydrogen-bond acceptors (Lipinski definition) is 3. The number of benzene rings is 1. The lowest BCUT2D eigenvalue weighted by molar-refractivity contribution is 0.630. The molecule has 2 N–H and O–H groups in total. The van der Waals surface area contributed by atoms with Crippen molar-refractivity contribution in [3.05, 3.63) is 60.2 Å². The lowest BCUT2D eigenvalue weighted by atomic mass is 10.2. The van der Waals surface area contributed by atoms with Crippen LogP contribution in [0.3, 0.4) is 0 Å². The van der Waals surface area contributed by atoms with Gasteiger partial charge in [-0.1, -0.05) is 18.2 Å². The van der Waals surface area contributed by atoms with E-state index in [-0.39, 0.29) is 5.82 Å². The summed E-state index contributed by atoms with van der Waals surface area (Å²) < 4.78 is 15.7. The monoisotopic (exact) mass is 254 g/mol. The standard InChI is InChI=1S/C14H11FN4/c15-11-6-2-1-5-10(11)14-18-12(9-17-16)13-7-3-4-8-19(13)14/h1-9H,16H2/b17-9+. The number of pyridine rings is 1. The van der Waals surface area contributed by atoms with E-state index in [2.05, 4.69) is 10.1 Å². The number of imidazole rings is 1. The largest absolute Gasteiger partial charge is 0.323 e. The smallest absolute Gasteiger partial charge is 0.148 e. The molecule has 0 amide bonds. The van der Waals surface area contributed by atoms with Crippen molar-refractivity contribution in [1.82, 2.24) is 9.38 Å². The van der Waals surface area contributed by atoms with Crippen LogP contribution in [0.4, 0.5) is 4.39 Å². The topological polar surface area (TPSA) is 55.7 Å². The van der Waals surface area contributed by atoms with E-state index in [1.165, 1.54) is 12.3 Å². The lowest BCUT2D eigenvalue weighted by Gasteiger charge is -2.01. The Bertz CT molecular complexity index is 761. The minimum atomic E-state index is -0.311. The highest BCUT2D eigenvalue weighted by molar-refractivity contribution is 5.88.